The van der Waals surface area contributed by atoms with E-state index >= 15 is 0 Å². The monoisotopic (exact) mass is 362 g/mol. The number of aryl methyl sites for hydroxylation is 2. The van der Waals surface area contributed by atoms with Gasteiger partial charge in [0.2, 0.25) is 5.91 Å². The highest BCUT2D eigenvalue weighted by molar-refractivity contribution is 5.85. The summed E-state index contributed by atoms with van der Waals surface area (Å²) in [6.45, 7) is 5.11. The third kappa shape index (κ3) is 7.16. The summed E-state index contributed by atoms with van der Waals surface area (Å²) in [5.41, 5.74) is 9.54. The zero-order chi connectivity index (χ0) is 17.4. The molecular weight excluding hydrogens is 336 g/mol. The number of carbonyl (C=O) groups is 1. The number of benzene rings is 2. The van der Waals surface area contributed by atoms with Gasteiger partial charge in [-0.2, -0.15) is 0 Å². The van der Waals surface area contributed by atoms with Crippen molar-refractivity contribution in [2.24, 2.45) is 5.73 Å². The first kappa shape index (κ1) is 21.0. The summed E-state index contributed by atoms with van der Waals surface area (Å²) in [6, 6.07) is 15.6. The van der Waals surface area contributed by atoms with Crippen LogP contribution in [0.25, 0.3) is 0 Å². The number of ether oxygens (including phenoxy) is 1. The summed E-state index contributed by atoms with van der Waals surface area (Å²) in [5.74, 6) is 0.856. The second-order valence-corrected chi connectivity index (χ2v) is 6.02. The number of nitrogens with two attached hydrogens (primary N) is 1. The molecule has 0 radical (unpaired) electrons. The quantitative estimate of drug-likeness (QED) is 0.704. The van der Waals surface area contributed by atoms with Gasteiger partial charge in [-0.3, -0.25) is 4.79 Å². The van der Waals surface area contributed by atoms with E-state index in [2.05, 4.69) is 19.2 Å². The average molecular weight is 363 g/mol. The molecule has 1 amide bonds. The van der Waals surface area contributed by atoms with Crippen LogP contribution in [0.2, 0.25) is 0 Å². The largest absolute Gasteiger partial charge is 0.494 e. The molecule has 5 heteroatoms. The first-order chi connectivity index (χ1) is 11.6. The molecule has 0 spiro atoms. The number of hydrogen-bond acceptors (Lipinski definition) is 3. The van der Waals surface area contributed by atoms with Crippen molar-refractivity contribution in [3.05, 3.63) is 65.2 Å². The van der Waals surface area contributed by atoms with E-state index in [4.69, 9.17) is 10.5 Å². The van der Waals surface area contributed by atoms with E-state index in [1.807, 2.05) is 48.5 Å². The maximum atomic E-state index is 11.9. The Morgan fingerprint density at radius 2 is 1.84 bits per heavy atom. The number of amides is 1. The maximum Gasteiger partial charge on any atom is 0.220 e. The molecule has 2 aromatic carbocycles. The maximum absolute atomic E-state index is 11.9. The number of rotatable bonds is 8. The smallest absolute Gasteiger partial charge is 0.220 e. The summed E-state index contributed by atoms with van der Waals surface area (Å²) in [7, 11) is 0. The molecule has 3 N–H and O–H groups in total. The lowest BCUT2D eigenvalue weighted by molar-refractivity contribution is -0.121. The predicted octanol–water partition coefficient (Wildman–Crippen LogP) is 3.70. The molecular formula is C20H27ClN2O2. The molecule has 2 aromatic rings. The molecule has 0 bridgehead atoms. The number of carbonyl (C=O) groups excluding carboxylic acids is 1. The van der Waals surface area contributed by atoms with Crippen LogP contribution >= 0.6 is 12.4 Å². The van der Waals surface area contributed by atoms with Crippen LogP contribution in [0.3, 0.4) is 0 Å². The molecule has 0 fully saturated rings. The normalized spacial score (nSPS) is 11.3. The Labute approximate surface area is 156 Å². The summed E-state index contributed by atoms with van der Waals surface area (Å²) < 4.78 is 5.68. The van der Waals surface area contributed by atoms with E-state index in [1.165, 1.54) is 11.1 Å². The standard InChI is InChI=1S/C20H26N2O2.ClH/c1-15-10-11-18(13-16(15)2)24-12-6-9-20(23)22-14-19(21)17-7-4-3-5-8-17;/h3-5,7-8,10-11,13,19H,6,9,12,14,21H2,1-2H3,(H,22,23);1H. The minimum Gasteiger partial charge on any atom is -0.494 e. The Morgan fingerprint density at radius 3 is 2.52 bits per heavy atom. The van der Waals surface area contributed by atoms with Crippen molar-refractivity contribution in [1.82, 2.24) is 5.32 Å². The van der Waals surface area contributed by atoms with Crippen molar-refractivity contribution in [2.75, 3.05) is 13.2 Å². The zero-order valence-electron chi connectivity index (χ0n) is 14.8. The third-order valence-electron chi connectivity index (χ3n) is 4.04. The molecule has 0 aliphatic carbocycles. The van der Waals surface area contributed by atoms with Crippen LogP contribution in [0, 0.1) is 13.8 Å². The first-order valence-corrected chi connectivity index (χ1v) is 8.33. The fourth-order valence-electron chi connectivity index (χ4n) is 2.36. The van der Waals surface area contributed by atoms with Gasteiger partial charge in [-0.15, -0.1) is 12.4 Å². The lowest BCUT2D eigenvalue weighted by Gasteiger charge is -2.13. The lowest BCUT2D eigenvalue weighted by atomic mass is 10.1. The lowest BCUT2D eigenvalue weighted by Crippen LogP contribution is -2.31. The van der Waals surface area contributed by atoms with Gasteiger partial charge in [-0.25, -0.2) is 0 Å². The molecule has 4 nitrogen and oxygen atoms in total. The minimum absolute atomic E-state index is 0. The summed E-state index contributed by atoms with van der Waals surface area (Å²) >= 11 is 0. The van der Waals surface area contributed by atoms with Gasteiger partial charge in [0.05, 0.1) is 6.61 Å². The summed E-state index contributed by atoms with van der Waals surface area (Å²) in [4.78, 5) is 11.9. The Balaban J connectivity index is 0.00000312. The molecule has 0 saturated carbocycles. The zero-order valence-corrected chi connectivity index (χ0v) is 15.6. The van der Waals surface area contributed by atoms with Gasteiger partial charge in [0, 0.05) is 19.0 Å². The Bertz CT molecular complexity index is 662. The third-order valence-corrected chi connectivity index (χ3v) is 4.04. The van der Waals surface area contributed by atoms with Crippen LogP contribution in [0.1, 0.15) is 35.6 Å². The number of halogens is 1. The molecule has 0 aromatic heterocycles. The Hall–Kier alpha value is -2.04. The van der Waals surface area contributed by atoms with Crippen LogP contribution in [-0.4, -0.2) is 19.1 Å². The summed E-state index contributed by atoms with van der Waals surface area (Å²) in [6.07, 6.45) is 1.12. The molecule has 0 saturated heterocycles. The van der Waals surface area contributed by atoms with Crippen LogP contribution in [0.5, 0.6) is 5.75 Å². The highest BCUT2D eigenvalue weighted by Gasteiger charge is 2.07. The van der Waals surface area contributed by atoms with Gasteiger partial charge in [0.15, 0.2) is 0 Å². The van der Waals surface area contributed by atoms with E-state index < -0.39 is 0 Å². The van der Waals surface area contributed by atoms with Crippen molar-refractivity contribution in [1.29, 1.82) is 0 Å². The van der Waals surface area contributed by atoms with E-state index in [0.717, 1.165) is 11.3 Å². The second-order valence-electron chi connectivity index (χ2n) is 6.02. The molecule has 136 valence electrons. The fraction of sp³-hybridized carbons (Fsp3) is 0.350. The first-order valence-electron chi connectivity index (χ1n) is 8.33. The fourth-order valence-corrected chi connectivity index (χ4v) is 2.36. The van der Waals surface area contributed by atoms with E-state index in [0.29, 0.717) is 26.0 Å². The van der Waals surface area contributed by atoms with Gasteiger partial charge in [0.25, 0.3) is 0 Å². The molecule has 1 unspecified atom stereocenters. The van der Waals surface area contributed by atoms with Gasteiger partial charge in [-0.1, -0.05) is 36.4 Å². The minimum atomic E-state index is -0.179. The van der Waals surface area contributed by atoms with Crippen molar-refractivity contribution in [3.8, 4) is 5.75 Å². The second kappa shape index (κ2) is 10.7. The van der Waals surface area contributed by atoms with Gasteiger partial charge < -0.3 is 15.8 Å². The van der Waals surface area contributed by atoms with E-state index in [9.17, 15) is 4.79 Å². The Morgan fingerprint density at radius 1 is 1.12 bits per heavy atom. The average Bonchev–Trinajstić information content (AvgIpc) is 2.60. The van der Waals surface area contributed by atoms with Crippen LogP contribution in [0.4, 0.5) is 0 Å². The summed E-state index contributed by atoms with van der Waals surface area (Å²) in [5, 5.41) is 2.88. The molecule has 0 aliphatic rings. The van der Waals surface area contributed by atoms with Crippen LogP contribution < -0.4 is 15.8 Å². The highest BCUT2D eigenvalue weighted by Crippen LogP contribution is 2.16. The van der Waals surface area contributed by atoms with Gasteiger partial charge in [0.1, 0.15) is 5.75 Å². The predicted molar refractivity (Wildman–Crippen MR) is 104 cm³/mol. The van der Waals surface area contributed by atoms with Crippen molar-refractivity contribution in [2.45, 2.75) is 32.7 Å². The molecule has 1 atom stereocenters. The van der Waals surface area contributed by atoms with Crippen molar-refractivity contribution < 1.29 is 9.53 Å². The highest BCUT2D eigenvalue weighted by atomic mass is 35.5. The molecule has 0 aliphatic heterocycles. The van der Waals surface area contributed by atoms with Gasteiger partial charge in [-0.05, 0) is 49.1 Å². The Kier molecular flexibility index (Phi) is 9.03. The number of nitrogens with one attached hydrogen (secondary N) is 1. The SMILES string of the molecule is Cc1ccc(OCCCC(=O)NCC(N)c2ccccc2)cc1C.Cl. The molecule has 2 rings (SSSR count). The van der Waals surface area contributed by atoms with Crippen molar-refractivity contribution >= 4 is 18.3 Å². The number of hydrogen-bond donors (Lipinski definition) is 2. The van der Waals surface area contributed by atoms with Crippen LogP contribution in [-0.2, 0) is 4.79 Å². The van der Waals surface area contributed by atoms with E-state index in [-0.39, 0.29) is 24.4 Å². The van der Waals surface area contributed by atoms with Gasteiger partial charge >= 0.3 is 0 Å². The van der Waals surface area contributed by atoms with Crippen LogP contribution in [0.15, 0.2) is 48.5 Å². The molecule has 0 heterocycles. The topological polar surface area (TPSA) is 64.3 Å². The molecule has 25 heavy (non-hydrogen) atoms. The van der Waals surface area contributed by atoms with E-state index in [1.54, 1.807) is 0 Å². The van der Waals surface area contributed by atoms with Crippen molar-refractivity contribution in [3.63, 3.8) is 0 Å².